The number of aliphatic carboxylic acids is 1. The first kappa shape index (κ1) is 16.0. The van der Waals surface area contributed by atoms with Gasteiger partial charge in [-0.1, -0.05) is 18.5 Å². The van der Waals surface area contributed by atoms with Crippen LogP contribution in [0.4, 0.5) is 0 Å². The molecule has 2 N–H and O–H groups in total. The van der Waals surface area contributed by atoms with Gasteiger partial charge in [0, 0.05) is 22.5 Å². The lowest BCUT2D eigenvalue weighted by molar-refractivity contribution is -0.137. The quantitative estimate of drug-likeness (QED) is 0.828. The molecular weight excluding hydrogens is 334 g/mol. The highest BCUT2D eigenvalue weighted by Crippen LogP contribution is 2.21. The molecule has 4 nitrogen and oxygen atoms in total. The summed E-state index contributed by atoms with van der Waals surface area (Å²) in [5, 5.41) is 11.9. The van der Waals surface area contributed by atoms with Crippen LogP contribution in [0.1, 0.15) is 30.1 Å². The van der Waals surface area contributed by atoms with E-state index < -0.39 is 5.97 Å². The van der Waals surface area contributed by atoms with E-state index in [0.717, 1.165) is 0 Å². The molecule has 0 saturated carbocycles. The monoisotopic (exact) mass is 347 g/mol. The van der Waals surface area contributed by atoms with E-state index in [1.807, 2.05) is 6.92 Å². The number of hydrogen-bond donors (Lipinski definition) is 2. The maximum atomic E-state index is 11.9. The molecule has 0 bridgehead atoms. The third kappa shape index (κ3) is 5.61. The minimum Gasteiger partial charge on any atom is -0.481 e. The molecule has 0 spiro atoms. The molecule has 1 rings (SSSR count). The molecule has 1 aromatic carbocycles. The zero-order valence-electron chi connectivity index (χ0n) is 10.5. The normalized spacial score (nSPS) is 11.9. The minimum absolute atomic E-state index is 0.113. The van der Waals surface area contributed by atoms with Gasteiger partial charge in [-0.25, -0.2) is 0 Å². The number of carboxylic acids is 1. The molecule has 0 aromatic heterocycles. The largest absolute Gasteiger partial charge is 0.481 e. The summed E-state index contributed by atoms with van der Waals surface area (Å²) in [6.45, 7) is 2.35. The summed E-state index contributed by atoms with van der Waals surface area (Å²) < 4.78 is 0.635. The van der Waals surface area contributed by atoms with Gasteiger partial charge in [0.15, 0.2) is 0 Å². The summed E-state index contributed by atoms with van der Waals surface area (Å²) in [6.07, 6.45) is 0.652. The molecule has 104 valence electrons. The molecule has 0 aliphatic heterocycles. The number of carbonyl (C=O) groups excluding carboxylic acids is 1. The molecule has 0 aliphatic rings. The number of carboxylic acid groups (broad SMARTS) is 1. The van der Waals surface area contributed by atoms with Crippen LogP contribution in [0.25, 0.3) is 0 Å². The Morgan fingerprint density at radius 1 is 1.47 bits per heavy atom. The summed E-state index contributed by atoms with van der Waals surface area (Å²) >= 11 is 9.08. The topological polar surface area (TPSA) is 66.4 Å². The van der Waals surface area contributed by atoms with Crippen molar-refractivity contribution in [3.63, 3.8) is 0 Å². The van der Waals surface area contributed by atoms with Crippen LogP contribution < -0.4 is 5.32 Å². The van der Waals surface area contributed by atoms with Crippen molar-refractivity contribution in [1.82, 2.24) is 5.32 Å². The third-order valence-corrected chi connectivity index (χ3v) is 3.53. The molecule has 0 radical (unpaired) electrons. The summed E-state index contributed by atoms with van der Waals surface area (Å²) in [7, 11) is 0. The fourth-order valence-corrected chi connectivity index (χ4v) is 2.37. The molecule has 0 fully saturated rings. The van der Waals surface area contributed by atoms with Gasteiger partial charge in [0.05, 0.1) is 5.56 Å². The van der Waals surface area contributed by atoms with Crippen molar-refractivity contribution in [3.05, 3.63) is 33.3 Å². The van der Waals surface area contributed by atoms with Gasteiger partial charge in [0.25, 0.3) is 5.91 Å². The molecule has 6 heteroatoms. The fourth-order valence-electron chi connectivity index (χ4n) is 1.51. The second-order valence-electron chi connectivity index (χ2n) is 4.37. The summed E-state index contributed by atoms with van der Waals surface area (Å²) in [5.74, 6) is -0.907. The van der Waals surface area contributed by atoms with Gasteiger partial charge in [-0.05, 0) is 46.5 Å². The van der Waals surface area contributed by atoms with E-state index in [1.54, 1.807) is 18.2 Å². The van der Waals surface area contributed by atoms with E-state index in [1.165, 1.54) is 0 Å². The second-order valence-corrected chi connectivity index (χ2v) is 5.66. The van der Waals surface area contributed by atoms with Crippen molar-refractivity contribution in [2.24, 2.45) is 5.92 Å². The second kappa shape index (κ2) is 7.50. The van der Waals surface area contributed by atoms with Gasteiger partial charge in [0.2, 0.25) is 0 Å². The summed E-state index contributed by atoms with van der Waals surface area (Å²) in [4.78, 5) is 22.4. The highest BCUT2D eigenvalue weighted by Gasteiger charge is 2.12. The third-order valence-electron chi connectivity index (χ3n) is 2.64. The zero-order chi connectivity index (χ0) is 14.4. The summed E-state index contributed by atoms with van der Waals surface area (Å²) in [6, 6.07) is 4.95. The van der Waals surface area contributed by atoms with Crippen LogP contribution >= 0.6 is 27.5 Å². The highest BCUT2D eigenvalue weighted by molar-refractivity contribution is 9.10. The Kier molecular flexibility index (Phi) is 6.31. The molecule has 0 saturated heterocycles. The van der Waals surface area contributed by atoms with Crippen molar-refractivity contribution in [1.29, 1.82) is 0 Å². The maximum absolute atomic E-state index is 11.9. The number of carbonyl (C=O) groups is 2. The standard InChI is InChI=1S/C13H15BrClNO3/c1-8(2-5-12(17)18)7-16-13(19)10-4-3-9(15)6-11(10)14/h3-4,6,8H,2,5,7H2,1H3,(H,16,19)(H,17,18). The van der Waals surface area contributed by atoms with Crippen LogP contribution in [0.2, 0.25) is 5.02 Å². The average molecular weight is 349 g/mol. The Labute approximate surface area is 125 Å². The van der Waals surface area contributed by atoms with Crippen molar-refractivity contribution >= 4 is 39.4 Å². The molecule has 0 aliphatic carbocycles. The van der Waals surface area contributed by atoms with E-state index in [2.05, 4.69) is 21.2 Å². The molecule has 1 atom stereocenters. The Hall–Kier alpha value is -1.07. The van der Waals surface area contributed by atoms with Gasteiger partial charge >= 0.3 is 5.97 Å². The van der Waals surface area contributed by atoms with Crippen LogP contribution in [-0.4, -0.2) is 23.5 Å². The smallest absolute Gasteiger partial charge is 0.303 e. The molecule has 19 heavy (non-hydrogen) atoms. The lowest BCUT2D eigenvalue weighted by Gasteiger charge is -2.12. The number of amides is 1. The first-order valence-corrected chi connectivity index (χ1v) is 7.02. The van der Waals surface area contributed by atoms with Gasteiger partial charge in [-0.3, -0.25) is 9.59 Å². The number of nitrogens with one attached hydrogen (secondary N) is 1. The Bertz CT molecular complexity index is 479. The average Bonchev–Trinajstić information content (AvgIpc) is 2.33. The number of benzene rings is 1. The van der Waals surface area contributed by atoms with Gasteiger partial charge in [0.1, 0.15) is 0 Å². The van der Waals surface area contributed by atoms with E-state index in [4.69, 9.17) is 16.7 Å². The molecule has 0 heterocycles. The molecular formula is C13H15BrClNO3. The number of rotatable bonds is 6. The predicted octanol–water partition coefficient (Wildman–Crippen LogP) is 3.33. The lowest BCUT2D eigenvalue weighted by atomic mass is 10.1. The van der Waals surface area contributed by atoms with Gasteiger partial charge in [-0.15, -0.1) is 0 Å². The zero-order valence-corrected chi connectivity index (χ0v) is 12.8. The molecule has 1 aromatic rings. The lowest BCUT2D eigenvalue weighted by Crippen LogP contribution is -2.28. The Morgan fingerprint density at radius 2 is 2.16 bits per heavy atom. The van der Waals surface area contributed by atoms with Crippen LogP contribution in [0, 0.1) is 5.92 Å². The van der Waals surface area contributed by atoms with Crippen LogP contribution in [0.3, 0.4) is 0 Å². The highest BCUT2D eigenvalue weighted by atomic mass is 79.9. The number of halogens is 2. The van der Waals surface area contributed by atoms with Crippen molar-refractivity contribution < 1.29 is 14.7 Å². The first-order valence-electron chi connectivity index (χ1n) is 5.85. The molecule has 1 amide bonds. The molecule has 1 unspecified atom stereocenters. The van der Waals surface area contributed by atoms with E-state index in [-0.39, 0.29) is 18.2 Å². The first-order chi connectivity index (χ1) is 8.90. The summed E-state index contributed by atoms with van der Waals surface area (Å²) in [5.41, 5.74) is 0.509. The Morgan fingerprint density at radius 3 is 2.74 bits per heavy atom. The van der Waals surface area contributed by atoms with Crippen LogP contribution in [0.5, 0.6) is 0 Å². The van der Waals surface area contributed by atoms with Crippen LogP contribution in [-0.2, 0) is 4.79 Å². The van der Waals surface area contributed by atoms with Crippen molar-refractivity contribution in [2.75, 3.05) is 6.54 Å². The van der Waals surface area contributed by atoms with Crippen molar-refractivity contribution in [2.45, 2.75) is 19.8 Å². The number of hydrogen-bond acceptors (Lipinski definition) is 2. The fraction of sp³-hybridized carbons (Fsp3) is 0.385. The van der Waals surface area contributed by atoms with E-state index >= 15 is 0 Å². The minimum atomic E-state index is -0.821. The SMILES string of the molecule is CC(CCC(=O)O)CNC(=O)c1ccc(Cl)cc1Br. The van der Waals surface area contributed by atoms with Crippen molar-refractivity contribution in [3.8, 4) is 0 Å². The predicted molar refractivity (Wildman–Crippen MR) is 77.5 cm³/mol. The maximum Gasteiger partial charge on any atom is 0.303 e. The van der Waals surface area contributed by atoms with Crippen LogP contribution in [0.15, 0.2) is 22.7 Å². The Balaban J connectivity index is 2.49. The van der Waals surface area contributed by atoms with E-state index in [0.29, 0.717) is 28.0 Å². The van der Waals surface area contributed by atoms with Gasteiger partial charge < -0.3 is 10.4 Å². The van der Waals surface area contributed by atoms with Gasteiger partial charge in [-0.2, -0.15) is 0 Å². The van der Waals surface area contributed by atoms with E-state index in [9.17, 15) is 9.59 Å².